The number of para-hydroxylation sites is 1. The summed E-state index contributed by atoms with van der Waals surface area (Å²) in [7, 11) is 0. The molecule has 2 heterocycles. The molecule has 1 amide bonds. The first-order chi connectivity index (χ1) is 12.0. The third-order valence-corrected chi connectivity index (χ3v) is 4.29. The minimum atomic E-state index is -0.297. The Labute approximate surface area is 148 Å². The highest BCUT2D eigenvalue weighted by atomic mass is 35.5. The van der Waals surface area contributed by atoms with E-state index in [1.807, 2.05) is 25.1 Å². The van der Waals surface area contributed by atoms with Crippen LogP contribution in [-0.2, 0) is 6.42 Å². The summed E-state index contributed by atoms with van der Waals surface area (Å²) in [6, 6.07) is 7.41. The average molecular weight is 358 g/mol. The van der Waals surface area contributed by atoms with Gasteiger partial charge in [-0.05, 0) is 25.8 Å². The van der Waals surface area contributed by atoms with E-state index < -0.39 is 0 Å². The number of H-pyrrole nitrogens is 1. The van der Waals surface area contributed by atoms with Crippen molar-refractivity contribution in [2.75, 3.05) is 12.3 Å². The number of nitrogens with two attached hydrogens (primary N) is 1. The zero-order valence-electron chi connectivity index (χ0n) is 13.5. The van der Waals surface area contributed by atoms with Gasteiger partial charge in [0.05, 0.1) is 10.7 Å². The third-order valence-electron chi connectivity index (χ3n) is 3.99. The Morgan fingerprint density at radius 3 is 3.04 bits per heavy atom. The molecule has 3 rings (SSSR count). The van der Waals surface area contributed by atoms with Crippen molar-refractivity contribution in [3.8, 4) is 6.07 Å². The Morgan fingerprint density at radius 2 is 2.32 bits per heavy atom. The van der Waals surface area contributed by atoms with E-state index in [4.69, 9.17) is 27.0 Å². The van der Waals surface area contributed by atoms with E-state index in [2.05, 4.69) is 15.5 Å². The topological polar surface area (TPSA) is 121 Å². The van der Waals surface area contributed by atoms with Gasteiger partial charge in [-0.25, -0.2) is 0 Å². The molecule has 0 spiro atoms. The number of hydrogen-bond acceptors (Lipinski definition) is 5. The third kappa shape index (κ3) is 3.16. The molecule has 25 heavy (non-hydrogen) atoms. The molecule has 0 aliphatic carbocycles. The van der Waals surface area contributed by atoms with Crippen molar-refractivity contribution >= 4 is 34.3 Å². The number of fused-ring (bicyclic) bond motifs is 1. The van der Waals surface area contributed by atoms with Crippen LogP contribution in [0, 0.1) is 18.3 Å². The number of aromatic amines is 1. The molecule has 4 N–H and O–H groups in total. The summed E-state index contributed by atoms with van der Waals surface area (Å²) in [4.78, 5) is 12.3. The minimum absolute atomic E-state index is 0.191. The van der Waals surface area contributed by atoms with Gasteiger partial charge >= 0.3 is 0 Å². The van der Waals surface area contributed by atoms with Gasteiger partial charge in [-0.3, -0.25) is 9.89 Å². The quantitative estimate of drug-likeness (QED) is 0.606. The first-order valence-electron chi connectivity index (χ1n) is 7.71. The number of hydrogen-bond donors (Lipinski definition) is 3. The van der Waals surface area contributed by atoms with Crippen LogP contribution >= 0.6 is 11.6 Å². The summed E-state index contributed by atoms with van der Waals surface area (Å²) in [6.45, 7) is 2.25. The number of carbonyl (C=O) groups is 1. The van der Waals surface area contributed by atoms with Crippen LogP contribution in [-0.4, -0.2) is 22.6 Å². The molecule has 0 saturated carbocycles. The highest BCUT2D eigenvalue weighted by molar-refractivity contribution is 6.35. The maximum Gasteiger partial charge on any atom is 0.287 e. The van der Waals surface area contributed by atoms with E-state index in [0.717, 1.165) is 10.9 Å². The molecule has 128 valence electrons. The molecule has 7 nitrogen and oxygen atoms in total. The lowest BCUT2D eigenvalue weighted by molar-refractivity contribution is 0.0927. The van der Waals surface area contributed by atoms with Gasteiger partial charge in [0.1, 0.15) is 11.6 Å². The van der Waals surface area contributed by atoms with Gasteiger partial charge < -0.3 is 15.5 Å². The van der Waals surface area contributed by atoms with Gasteiger partial charge in [0.25, 0.3) is 5.91 Å². The fourth-order valence-electron chi connectivity index (χ4n) is 2.67. The Bertz CT molecular complexity index is 983. The Kier molecular flexibility index (Phi) is 4.63. The molecule has 0 fully saturated rings. The van der Waals surface area contributed by atoms with E-state index in [1.165, 1.54) is 0 Å². The molecule has 0 unspecified atom stereocenters. The van der Waals surface area contributed by atoms with Crippen LogP contribution in [0.1, 0.15) is 33.8 Å². The van der Waals surface area contributed by atoms with Gasteiger partial charge in [-0.15, -0.1) is 0 Å². The number of nitrogens with one attached hydrogen (secondary N) is 2. The van der Waals surface area contributed by atoms with Crippen LogP contribution < -0.4 is 11.1 Å². The van der Waals surface area contributed by atoms with Gasteiger partial charge in [0.2, 0.25) is 0 Å². The predicted molar refractivity (Wildman–Crippen MR) is 94.3 cm³/mol. The molecule has 0 bridgehead atoms. The maximum atomic E-state index is 12.3. The largest absolute Gasteiger partial charge is 0.449 e. The van der Waals surface area contributed by atoms with E-state index in [-0.39, 0.29) is 17.5 Å². The summed E-state index contributed by atoms with van der Waals surface area (Å²) >= 11 is 6.10. The summed E-state index contributed by atoms with van der Waals surface area (Å²) < 4.78 is 5.63. The lowest BCUT2D eigenvalue weighted by atomic mass is 10.1. The number of rotatable bonds is 5. The number of aromatic nitrogens is 2. The molecule has 0 aliphatic rings. The normalized spacial score (nSPS) is 10.8. The molecule has 0 radical (unpaired) electrons. The van der Waals surface area contributed by atoms with Crippen molar-refractivity contribution in [1.29, 1.82) is 5.26 Å². The standard InChI is InChI=1S/C17H16ClN5O2/c1-9-10-4-2-5-12(18)15(10)25-14(9)17(24)21-7-3-6-13-11(8-19)16(20)23-22-13/h2,4-5H,3,6-7H2,1H3,(H,21,24)(H3,20,22,23). The highest BCUT2D eigenvalue weighted by Crippen LogP contribution is 2.30. The smallest absolute Gasteiger partial charge is 0.287 e. The molecule has 0 saturated heterocycles. The molecule has 1 aromatic carbocycles. The lowest BCUT2D eigenvalue weighted by Crippen LogP contribution is -2.25. The van der Waals surface area contributed by atoms with Crippen LogP contribution in [0.4, 0.5) is 5.82 Å². The fraction of sp³-hybridized carbons (Fsp3) is 0.235. The first kappa shape index (κ1) is 16.9. The number of nitrogens with zero attached hydrogens (tertiary/aromatic N) is 2. The maximum absolute atomic E-state index is 12.3. The molecule has 3 aromatic rings. The van der Waals surface area contributed by atoms with E-state index in [9.17, 15) is 4.79 Å². The van der Waals surface area contributed by atoms with Gasteiger partial charge in [-0.2, -0.15) is 10.4 Å². The Hall–Kier alpha value is -2.98. The monoisotopic (exact) mass is 357 g/mol. The summed E-state index contributed by atoms with van der Waals surface area (Å²) in [6.07, 6.45) is 1.18. The zero-order chi connectivity index (χ0) is 18.0. The molecule has 0 aliphatic heterocycles. The van der Waals surface area contributed by atoms with Crippen molar-refractivity contribution in [2.45, 2.75) is 19.8 Å². The number of furan rings is 1. The van der Waals surface area contributed by atoms with Crippen molar-refractivity contribution in [3.05, 3.63) is 45.8 Å². The lowest BCUT2D eigenvalue weighted by Gasteiger charge is -2.03. The summed E-state index contributed by atoms with van der Waals surface area (Å²) in [5.74, 6) is 0.150. The van der Waals surface area contributed by atoms with E-state index in [1.54, 1.807) is 6.07 Å². The van der Waals surface area contributed by atoms with Crippen LogP contribution in [0.5, 0.6) is 0 Å². The Balaban J connectivity index is 1.63. The second-order valence-electron chi connectivity index (χ2n) is 5.61. The van der Waals surface area contributed by atoms with Crippen molar-refractivity contribution in [3.63, 3.8) is 0 Å². The summed E-state index contributed by atoms with van der Waals surface area (Å²) in [5.41, 5.74) is 7.88. The molecule has 8 heteroatoms. The van der Waals surface area contributed by atoms with Crippen LogP contribution in [0.2, 0.25) is 5.02 Å². The highest BCUT2D eigenvalue weighted by Gasteiger charge is 2.18. The number of amides is 1. The average Bonchev–Trinajstić information content (AvgIpc) is 3.13. The van der Waals surface area contributed by atoms with E-state index in [0.29, 0.717) is 41.2 Å². The van der Waals surface area contributed by atoms with E-state index >= 15 is 0 Å². The summed E-state index contributed by atoms with van der Waals surface area (Å²) in [5, 5.41) is 19.7. The number of benzene rings is 1. The molecule has 0 atom stereocenters. The van der Waals surface area contributed by atoms with Crippen molar-refractivity contribution < 1.29 is 9.21 Å². The van der Waals surface area contributed by atoms with Gasteiger partial charge in [-0.1, -0.05) is 23.7 Å². The predicted octanol–water partition coefficient (Wildman–Crippen LogP) is 2.93. The molecule has 2 aromatic heterocycles. The van der Waals surface area contributed by atoms with Crippen LogP contribution in [0.25, 0.3) is 11.0 Å². The van der Waals surface area contributed by atoms with Crippen molar-refractivity contribution in [2.24, 2.45) is 0 Å². The second-order valence-corrected chi connectivity index (χ2v) is 6.01. The van der Waals surface area contributed by atoms with Crippen molar-refractivity contribution in [1.82, 2.24) is 15.5 Å². The van der Waals surface area contributed by atoms with Gasteiger partial charge in [0, 0.05) is 17.5 Å². The number of nitrogen functional groups attached to an aromatic ring is 1. The minimum Gasteiger partial charge on any atom is -0.449 e. The molecular formula is C17H16ClN5O2. The van der Waals surface area contributed by atoms with Gasteiger partial charge in [0.15, 0.2) is 17.2 Å². The first-order valence-corrected chi connectivity index (χ1v) is 8.09. The number of halogens is 1. The van der Waals surface area contributed by atoms with Crippen LogP contribution in [0.3, 0.4) is 0 Å². The van der Waals surface area contributed by atoms with Crippen LogP contribution in [0.15, 0.2) is 22.6 Å². The second kappa shape index (κ2) is 6.87. The SMILES string of the molecule is Cc1c(C(=O)NCCCc2[nH]nc(N)c2C#N)oc2c(Cl)cccc12. The number of anilines is 1. The number of aryl methyl sites for hydroxylation is 2. The molecular weight excluding hydrogens is 342 g/mol. The fourth-order valence-corrected chi connectivity index (χ4v) is 2.89. The Morgan fingerprint density at radius 1 is 1.52 bits per heavy atom. The number of nitriles is 1. The number of carbonyl (C=O) groups excluding carboxylic acids is 1. The zero-order valence-corrected chi connectivity index (χ0v) is 14.3.